The molecular formula is C4H11N3O3S. The Balaban J connectivity index is 2.36. The van der Waals surface area contributed by atoms with Gasteiger partial charge in [0.05, 0.1) is 6.61 Å². The molecule has 1 unspecified atom stereocenters. The number of hydrogen-bond acceptors (Lipinski definition) is 4. The summed E-state index contributed by atoms with van der Waals surface area (Å²) in [6.07, 6.45) is -0.529. The molecule has 0 aromatic heterocycles. The molecule has 1 rings (SSSR count). The van der Waals surface area contributed by atoms with E-state index in [1.807, 2.05) is 0 Å². The van der Waals surface area contributed by atoms with E-state index in [4.69, 9.17) is 9.88 Å². The van der Waals surface area contributed by atoms with Crippen LogP contribution < -0.4 is 15.2 Å². The quantitative estimate of drug-likeness (QED) is 0.447. The number of morpholine rings is 1. The van der Waals surface area contributed by atoms with Crippen molar-refractivity contribution in [2.45, 2.75) is 6.23 Å². The molecule has 7 heteroatoms. The van der Waals surface area contributed by atoms with Crippen LogP contribution >= 0.6 is 0 Å². The lowest BCUT2D eigenvalue weighted by Crippen LogP contribution is -2.50. The van der Waals surface area contributed by atoms with Gasteiger partial charge in [-0.05, 0) is 0 Å². The van der Waals surface area contributed by atoms with E-state index in [9.17, 15) is 8.42 Å². The summed E-state index contributed by atoms with van der Waals surface area (Å²) in [5.74, 6) is 0. The summed E-state index contributed by atoms with van der Waals surface area (Å²) in [4.78, 5) is 0. The average Bonchev–Trinajstić information content (AvgIpc) is 1.85. The van der Waals surface area contributed by atoms with E-state index in [0.29, 0.717) is 13.2 Å². The van der Waals surface area contributed by atoms with E-state index < -0.39 is 16.4 Å². The molecule has 1 aliphatic heterocycles. The van der Waals surface area contributed by atoms with Gasteiger partial charge in [-0.1, -0.05) is 0 Å². The lowest BCUT2D eigenvalue weighted by molar-refractivity contribution is 0.0220. The van der Waals surface area contributed by atoms with Crippen molar-refractivity contribution >= 4 is 10.2 Å². The summed E-state index contributed by atoms with van der Waals surface area (Å²) in [6.45, 7) is 1.69. The highest BCUT2D eigenvalue weighted by Gasteiger charge is 2.16. The van der Waals surface area contributed by atoms with Crippen LogP contribution in [0.15, 0.2) is 0 Å². The Kier molecular flexibility index (Phi) is 2.79. The van der Waals surface area contributed by atoms with Crippen molar-refractivity contribution < 1.29 is 13.2 Å². The van der Waals surface area contributed by atoms with Crippen LogP contribution in [0, 0.1) is 0 Å². The minimum Gasteiger partial charge on any atom is -0.360 e. The molecule has 4 N–H and O–H groups in total. The first-order chi connectivity index (χ1) is 5.08. The van der Waals surface area contributed by atoms with Crippen molar-refractivity contribution in [3.8, 4) is 0 Å². The van der Waals surface area contributed by atoms with Crippen LogP contribution in [-0.2, 0) is 14.9 Å². The highest BCUT2D eigenvalue weighted by atomic mass is 32.2. The van der Waals surface area contributed by atoms with Crippen LogP contribution in [-0.4, -0.2) is 34.3 Å². The maximum Gasteiger partial charge on any atom is 0.276 e. The van der Waals surface area contributed by atoms with Crippen LogP contribution in [0.25, 0.3) is 0 Å². The molecule has 0 bridgehead atoms. The molecule has 1 fully saturated rings. The highest BCUT2D eigenvalue weighted by Crippen LogP contribution is 1.91. The molecule has 0 aromatic carbocycles. The lowest BCUT2D eigenvalue weighted by Gasteiger charge is -2.23. The lowest BCUT2D eigenvalue weighted by atomic mass is 10.5. The van der Waals surface area contributed by atoms with Gasteiger partial charge in [0.15, 0.2) is 0 Å². The van der Waals surface area contributed by atoms with Gasteiger partial charge in [0.1, 0.15) is 6.23 Å². The third kappa shape index (κ3) is 3.63. The van der Waals surface area contributed by atoms with Crippen molar-refractivity contribution in [2.75, 3.05) is 19.7 Å². The van der Waals surface area contributed by atoms with Crippen molar-refractivity contribution in [1.82, 2.24) is 10.0 Å². The van der Waals surface area contributed by atoms with Crippen molar-refractivity contribution in [3.05, 3.63) is 0 Å². The predicted molar refractivity (Wildman–Crippen MR) is 38.9 cm³/mol. The maximum atomic E-state index is 10.5. The first kappa shape index (κ1) is 8.88. The number of rotatable bonds is 2. The van der Waals surface area contributed by atoms with Gasteiger partial charge < -0.3 is 10.1 Å². The van der Waals surface area contributed by atoms with Gasteiger partial charge in [0, 0.05) is 13.1 Å². The Bertz CT molecular complexity index is 209. The fourth-order valence-electron chi connectivity index (χ4n) is 0.824. The molecule has 0 amide bonds. The zero-order valence-electron chi connectivity index (χ0n) is 5.91. The standard InChI is InChI=1S/C4H11N3O3S/c5-11(8,9)7-4-3-6-1-2-10-4/h4,6-7H,1-3H2,(H2,5,8,9). The second kappa shape index (κ2) is 3.46. The predicted octanol–water partition coefficient (Wildman–Crippen LogP) is -2.27. The first-order valence-electron chi connectivity index (χ1n) is 3.20. The number of ether oxygens (including phenoxy) is 1. The van der Waals surface area contributed by atoms with Gasteiger partial charge in [0.25, 0.3) is 10.2 Å². The Morgan fingerprint density at radius 1 is 1.64 bits per heavy atom. The number of nitrogens with one attached hydrogen (secondary N) is 2. The summed E-state index contributed by atoms with van der Waals surface area (Å²) in [7, 11) is -3.64. The molecule has 0 saturated carbocycles. The molecule has 66 valence electrons. The maximum absolute atomic E-state index is 10.5. The Morgan fingerprint density at radius 3 is 2.82 bits per heavy atom. The normalized spacial score (nSPS) is 26.8. The van der Waals surface area contributed by atoms with E-state index in [1.165, 1.54) is 0 Å². The molecule has 1 aliphatic rings. The second-order valence-electron chi connectivity index (χ2n) is 2.23. The zero-order valence-corrected chi connectivity index (χ0v) is 6.73. The Labute approximate surface area is 65.3 Å². The minimum absolute atomic E-state index is 0.455. The fourth-order valence-corrected chi connectivity index (χ4v) is 1.34. The summed E-state index contributed by atoms with van der Waals surface area (Å²) in [5.41, 5.74) is 0. The summed E-state index contributed by atoms with van der Waals surface area (Å²) >= 11 is 0. The first-order valence-corrected chi connectivity index (χ1v) is 4.75. The van der Waals surface area contributed by atoms with E-state index in [-0.39, 0.29) is 0 Å². The van der Waals surface area contributed by atoms with E-state index >= 15 is 0 Å². The summed E-state index contributed by atoms with van der Waals surface area (Å²) < 4.78 is 28.1. The molecule has 11 heavy (non-hydrogen) atoms. The van der Waals surface area contributed by atoms with Crippen molar-refractivity contribution in [1.29, 1.82) is 0 Å². The van der Waals surface area contributed by atoms with E-state index in [1.54, 1.807) is 0 Å². The van der Waals surface area contributed by atoms with Crippen LogP contribution in [0.5, 0.6) is 0 Å². The summed E-state index contributed by atoms with van der Waals surface area (Å²) in [5, 5.41) is 7.67. The van der Waals surface area contributed by atoms with Gasteiger partial charge in [-0.2, -0.15) is 13.1 Å². The largest absolute Gasteiger partial charge is 0.360 e. The molecule has 0 spiro atoms. The highest BCUT2D eigenvalue weighted by molar-refractivity contribution is 7.87. The molecule has 0 aromatic rings. The van der Waals surface area contributed by atoms with Crippen molar-refractivity contribution in [2.24, 2.45) is 5.14 Å². The third-order valence-corrected chi connectivity index (χ3v) is 1.81. The van der Waals surface area contributed by atoms with Gasteiger partial charge in [-0.3, -0.25) is 0 Å². The van der Waals surface area contributed by atoms with Gasteiger partial charge in [-0.15, -0.1) is 0 Å². The van der Waals surface area contributed by atoms with Crippen LogP contribution in [0.4, 0.5) is 0 Å². The SMILES string of the molecule is NS(=O)(=O)NC1CNCCO1. The Morgan fingerprint density at radius 2 is 2.36 bits per heavy atom. The molecule has 0 aliphatic carbocycles. The summed E-state index contributed by atoms with van der Waals surface area (Å²) in [6, 6.07) is 0. The minimum atomic E-state index is -3.64. The average molecular weight is 181 g/mol. The zero-order chi connectivity index (χ0) is 8.32. The number of nitrogens with two attached hydrogens (primary N) is 1. The third-order valence-electron chi connectivity index (χ3n) is 1.22. The Hall–Kier alpha value is -0.210. The fraction of sp³-hybridized carbons (Fsp3) is 1.00. The van der Waals surface area contributed by atoms with E-state index in [2.05, 4.69) is 10.0 Å². The van der Waals surface area contributed by atoms with Gasteiger partial charge >= 0.3 is 0 Å². The number of hydrogen-bond donors (Lipinski definition) is 3. The molecule has 1 saturated heterocycles. The van der Waals surface area contributed by atoms with Crippen molar-refractivity contribution in [3.63, 3.8) is 0 Å². The molecular weight excluding hydrogens is 170 g/mol. The van der Waals surface area contributed by atoms with Crippen LogP contribution in [0.1, 0.15) is 0 Å². The monoisotopic (exact) mass is 181 g/mol. The molecule has 1 heterocycles. The van der Waals surface area contributed by atoms with Gasteiger partial charge in [-0.25, -0.2) is 5.14 Å². The second-order valence-corrected chi connectivity index (χ2v) is 3.55. The molecule has 6 nitrogen and oxygen atoms in total. The van der Waals surface area contributed by atoms with Crippen LogP contribution in [0.3, 0.4) is 0 Å². The molecule has 0 radical (unpaired) electrons. The topological polar surface area (TPSA) is 93.5 Å². The van der Waals surface area contributed by atoms with Gasteiger partial charge in [0.2, 0.25) is 0 Å². The smallest absolute Gasteiger partial charge is 0.276 e. The van der Waals surface area contributed by atoms with E-state index in [0.717, 1.165) is 6.54 Å². The van der Waals surface area contributed by atoms with Crippen LogP contribution in [0.2, 0.25) is 0 Å². The molecule has 1 atom stereocenters.